The average Bonchev–Trinajstić information content (AvgIpc) is 2.83. The Morgan fingerprint density at radius 3 is 2.94 bits per heavy atom. The molecule has 0 saturated carbocycles. The van der Waals surface area contributed by atoms with E-state index in [1.54, 1.807) is 4.57 Å². The van der Waals surface area contributed by atoms with Crippen molar-refractivity contribution in [2.75, 3.05) is 13.1 Å². The van der Waals surface area contributed by atoms with Crippen LogP contribution in [0.25, 0.3) is 10.4 Å². The van der Waals surface area contributed by atoms with Crippen molar-refractivity contribution >= 4 is 10.0 Å². The second-order valence-electron chi connectivity index (χ2n) is 3.60. The van der Waals surface area contributed by atoms with Gasteiger partial charge in [-0.25, -0.2) is 18.1 Å². The van der Waals surface area contributed by atoms with Crippen molar-refractivity contribution in [3.8, 4) is 0 Å². The third-order valence-electron chi connectivity index (χ3n) is 2.29. The largest absolute Gasteiger partial charge is 0.336 e. The van der Waals surface area contributed by atoms with Gasteiger partial charge in [0.2, 0.25) is 0 Å². The maximum atomic E-state index is 11.8. The van der Waals surface area contributed by atoms with Crippen molar-refractivity contribution in [3.63, 3.8) is 0 Å². The molecule has 0 aliphatic rings. The Morgan fingerprint density at radius 1 is 1.56 bits per heavy atom. The molecule has 8 nitrogen and oxygen atoms in total. The van der Waals surface area contributed by atoms with Gasteiger partial charge in [0.1, 0.15) is 0 Å². The summed E-state index contributed by atoms with van der Waals surface area (Å²) in [5, 5.41) is 3.39. The van der Waals surface area contributed by atoms with Crippen LogP contribution < -0.4 is 4.72 Å². The molecule has 0 spiro atoms. The topological polar surface area (TPSA) is 113 Å². The lowest BCUT2D eigenvalue weighted by Gasteiger charge is -2.02. The summed E-state index contributed by atoms with van der Waals surface area (Å²) in [6, 6.07) is 0. The molecule has 1 N–H and O–H groups in total. The molecular weight excluding hydrogens is 256 g/mol. The SMILES string of the molecule is CCn1cnc(S(=O)(=O)NCCCCN=[N+]=[N-])c1. The van der Waals surface area contributed by atoms with Crippen LogP contribution in [0, 0.1) is 0 Å². The van der Waals surface area contributed by atoms with Crippen molar-refractivity contribution in [2.45, 2.75) is 31.3 Å². The highest BCUT2D eigenvalue weighted by Crippen LogP contribution is 2.05. The second kappa shape index (κ2) is 7.00. The molecule has 0 aromatic carbocycles. The van der Waals surface area contributed by atoms with E-state index in [9.17, 15) is 8.42 Å². The van der Waals surface area contributed by atoms with Crippen molar-refractivity contribution in [1.82, 2.24) is 14.3 Å². The lowest BCUT2D eigenvalue weighted by atomic mass is 10.3. The number of azide groups is 1. The van der Waals surface area contributed by atoms with E-state index >= 15 is 0 Å². The molecule has 0 radical (unpaired) electrons. The first-order chi connectivity index (χ1) is 8.60. The number of rotatable bonds is 8. The van der Waals surface area contributed by atoms with Gasteiger partial charge >= 0.3 is 0 Å². The van der Waals surface area contributed by atoms with Crippen LogP contribution in [0.2, 0.25) is 0 Å². The summed E-state index contributed by atoms with van der Waals surface area (Å²) in [7, 11) is -3.53. The average molecular weight is 272 g/mol. The van der Waals surface area contributed by atoms with E-state index in [1.165, 1.54) is 12.5 Å². The summed E-state index contributed by atoms with van der Waals surface area (Å²) < 4.78 is 27.7. The smallest absolute Gasteiger partial charge is 0.259 e. The van der Waals surface area contributed by atoms with Gasteiger partial charge in [-0.1, -0.05) is 5.11 Å². The third kappa shape index (κ3) is 4.36. The Labute approximate surface area is 106 Å². The van der Waals surface area contributed by atoms with Gasteiger partial charge in [0.25, 0.3) is 10.0 Å². The number of imidazole rings is 1. The highest BCUT2D eigenvalue weighted by Gasteiger charge is 2.15. The fourth-order valence-electron chi connectivity index (χ4n) is 1.28. The lowest BCUT2D eigenvalue weighted by molar-refractivity contribution is 0.573. The van der Waals surface area contributed by atoms with E-state index in [2.05, 4.69) is 19.7 Å². The molecule has 0 bridgehead atoms. The monoisotopic (exact) mass is 272 g/mol. The van der Waals surface area contributed by atoms with Crippen molar-refractivity contribution in [1.29, 1.82) is 0 Å². The Bertz CT molecular complexity index is 517. The van der Waals surface area contributed by atoms with Crippen LogP contribution in [0.3, 0.4) is 0 Å². The summed E-state index contributed by atoms with van der Waals surface area (Å²) in [6.45, 7) is 3.26. The summed E-state index contributed by atoms with van der Waals surface area (Å²) in [5.74, 6) is 0. The molecule has 0 atom stereocenters. The predicted octanol–water partition coefficient (Wildman–Crippen LogP) is 1.27. The first-order valence-corrected chi connectivity index (χ1v) is 7.10. The standard InChI is InChI=1S/C9H16N6O2S/c1-2-15-7-9(11-8-15)18(16,17)13-6-4-3-5-12-14-10/h7-8,13H,2-6H2,1H3. The van der Waals surface area contributed by atoms with Crippen LogP contribution in [0.4, 0.5) is 0 Å². The summed E-state index contributed by atoms with van der Waals surface area (Å²) in [4.78, 5) is 6.45. The molecule has 1 aromatic rings. The molecule has 0 aliphatic heterocycles. The number of unbranched alkanes of at least 4 members (excludes halogenated alkanes) is 1. The predicted molar refractivity (Wildman–Crippen MR) is 66.3 cm³/mol. The zero-order valence-electron chi connectivity index (χ0n) is 10.2. The van der Waals surface area contributed by atoms with Gasteiger partial charge in [0, 0.05) is 30.7 Å². The normalized spacial score (nSPS) is 11.2. The lowest BCUT2D eigenvalue weighted by Crippen LogP contribution is -2.25. The Kier molecular flexibility index (Phi) is 5.63. The minimum Gasteiger partial charge on any atom is -0.336 e. The van der Waals surface area contributed by atoms with Crippen molar-refractivity contribution < 1.29 is 8.42 Å². The van der Waals surface area contributed by atoms with Gasteiger partial charge in [0.15, 0.2) is 5.03 Å². The van der Waals surface area contributed by atoms with Gasteiger partial charge in [-0.15, -0.1) is 0 Å². The molecular formula is C9H16N6O2S. The fraction of sp³-hybridized carbons (Fsp3) is 0.667. The van der Waals surface area contributed by atoms with Crippen LogP contribution in [0.5, 0.6) is 0 Å². The molecule has 9 heteroatoms. The molecule has 100 valence electrons. The number of hydrogen-bond acceptors (Lipinski definition) is 4. The van der Waals surface area contributed by atoms with E-state index in [4.69, 9.17) is 5.53 Å². The van der Waals surface area contributed by atoms with Gasteiger partial charge in [-0.2, -0.15) is 0 Å². The van der Waals surface area contributed by atoms with Crippen LogP contribution in [0.15, 0.2) is 22.7 Å². The number of nitrogens with one attached hydrogen (secondary N) is 1. The first kappa shape index (κ1) is 14.5. The van der Waals surface area contributed by atoms with Crippen LogP contribution in [-0.4, -0.2) is 31.1 Å². The van der Waals surface area contributed by atoms with Crippen molar-refractivity contribution in [2.24, 2.45) is 5.11 Å². The first-order valence-electron chi connectivity index (χ1n) is 5.62. The van der Waals surface area contributed by atoms with E-state index in [1.807, 2.05) is 6.92 Å². The summed E-state index contributed by atoms with van der Waals surface area (Å²) in [5.41, 5.74) is 8.06. The van der Waals surface area contributed by atoms with Crippen LogP contribution in [-0.2, 0) is 16.6 Å². The van der Waals surface area contributed by atoms with Crippen LogP contribution >= 0.6 is 0 Å². The molecule has 0 amide bonds. The van der Waals surface area contributed by atoms with Gasteiger partial charge < -0.3 is 4.57 Å². The molecule has 0 unspecified atom stereocenters. The van der Waals surface area contributed by atoms with Gasteiger partial charge in [-0.05, 0) is 25.3 Å². The second-order valence-corrected chi connectivity index (χ2v) is 5.32. The highest BCUT2D eigenvalue weighted by atomic mass is 32.2. The number of aryl methyl sites for hydroxylation is 1. The molecule has 0 saturated heterocycles. The number of nitrogens with zero attached hydrogens (tertiary/aromatic N) is 5. The summed E-state index contributed by atoms with van der Waals surface area (Å²) >= 11 is 0. The van der Waals surface area contributed by atoms with E-state index in [0.29, 0.717) is 32.5 Å². The molecule has 0 fully saturated rings. The maximum absolute atomic E-state index is 11.8. The highest BCUT2D eigenvalue weighted by molar-refractivity contribution is 7.89. The van der Waals surface area contributed by atoms with Crippen molar-refractivity contribution in [3.05, 3.63) is 23.0 Å². The van der Waals surface area contributed by atoms with E-state index in [-0.39, 0.29) is 5.03 Å². The number of sulfonamides is 1. The number of hydrogen-bond donors (Lipinski definition) is 1. The molecule has 18 heavy (non-hydrogen) atoms. The Hall–Kier alpha value is -1.57. The third-order valence-corrected chi connectivity index (χ3v) is 3.64. The Morgan fingerprint density at radius 2 is 2.33 bits per heavy atom. The quantitative estimate of drug-likeness (QED) is 0.332. The maximum Gasteiger partial charge on any atom is 0.259 e. The molecule has 1 heterocycles. The zero-order chi connectivity index (χ0) is 13.4. The van der Waals surface area contributed by atoms with E-state index < -0.39 is 10.0 Å². The molecule has 1 rings (SSSR count). The number of aromatic nitrogens is 2. The molecule has 1 aromatic heterocycles. The Balaban J connectivity index is 2.42. The minimum atomic E-state index is -3.53. The van der Waals surface area contributed by atoms with Gasteiger partial charge in [-0.3, -0.25) is 0 Å². The zero-order valence-corrected chi connectivity index (χ0v) is 11.0. The summed E-state index contributed by atoms with van der Waals surface area (Å²) in [6.07, 6.45) is 4.24. The van der Waals surface area contributed by atoms with Gasteiger partial charge in [0.05, 0.1) is 6.33 Å². The minimum absolute atomic E-state index is 0.0272. The van der Waals surface area contributed by atoms with Crippen LogP contribution in [0.1, 0.15) is 19.8 Å². The van der Waals surface area contributed by atoms with E-state index in [0.717, 1.165) is 0 Å². The fourth-order valence-corrected chi connectivity index (χ4v) is 2.31. The molecule has 0 aliphatic carbocycles.